The third-order valence-corrected chi connectivity index (χ3v) is 6.11. The number of fused-ring (bicyclic) bond motifs is 3. The lowest BCUT2D eigenvalue weighted by Gasteiger charge is -2.39. The number of aryl methyl sites for hydroxylation is 1. The van der Waals surface area contributed by atoms with Crippen LogP contribution in [0.4, 0.5) is 5.69 Å². The molecule has 4 rings (SSSR count). The molecule has 3 atom stereocenters. The van der Waals surface area contributed by atoms with E-state index in [1.165, 1.54) is 22.4 Å². The number of anilines is 1. The van der Waals surface area contributed by atoms with Crippen molar-refractivity contribution in [3.63, 3.8) is 0 Å². The van der Waals surface area contributed by atoms with Crippen LogP contribution >= 0.6 is 0 Å². The molecular formula is C23H27NO3. The Labute approximate surface area is 161 Å². The molecule has 3 unspecified atom stereocenters. The van der Waals surface area contributed by atoms with Crippen molar-refractivity contribution in [1.82, 2.24) is 0 Å². The Kier molecular flexibility index (Phi) is 4.50. The van der Waals surface area contributed by atoms with E-state index in [4.69, 9.17) is 14.2 Å². The quantitative estimate of drug-likeness (QED) is 0.760. The highest BCUT2D eigenvalue weighted by Gasteiger charge is 2.39. The monoisotopic (exact) mass is 365 g/mol. The lowest BCUT2D eigenvalue weighted by Crippen LogP contribution is -2.29. The van der Waals surface area contributed by atoms with Crippen LogP contribution in [0.1, 0.15) is 40.6 Å². The summed E-state index contributed by atoms with van der Waals surface area (Å²) >= 11 is 0. The van der Waals surface area contributed by atoms with E-state index in [1.54, 1.807) is 21.3 Å². The smallest absolute Gasteiger partial charge is 0.203 e. The Balaban J connectivity index is 1.84. The molecule has 1 N–H and O–H groups in total. The van der Waals surface area contributed by atoms with Crippen molar-refractivity contribution >= 4 is 5.69 Å². The molecule has 4 heteroatoms. The fourth-order valence-electron chi connectivity index (χ4n) is 4.53. The van der Waals surface area contributed by atoms with Gasteiger partial charge in [0.1, 0.15) is 0 Å². The Hall–Kier alpha value is -2.62. The number of benzene rings is 2. The molecule has 2 aliphatic rings. The van der Waals surface area contributed by atoms with Gasteiger partial charge in [0, 0.05) is 11.6 Å². The van der Waals surface area contributed by atoms with Gasteiger partial charge in [-0.3, -0.25) is 0 Å². The summed E-state index contributed by atoms with van der Waals surface area (Å²) in [5.74, 6) is 2.94. The minimum absolute atomic E-state index is 0.187. The molecule has 27 heavy (non-hydrogen) atoms. The van der Waals surface area contributed by atoms with Crippen molar-refractivity contribution in [1.29, 1.82) is 0 Å². The van der Waals surface area contributed by atoms with Crippen LogP contribution in [0.15, 0.2) is 36.4 Å². The molecule has 0 bridgehead atoms. The van der Waals surface area contributed by atoms with Gasteiger partial charge in [-0.15, -0.1) is 0 Å². The second kappa shape index (κ2) is 6.84. The van der Waals surface area contributed by atoms with Crippen LogP contribution in [0, 0.1) is 19.8 Å². The van der Waals surface area contributed by atoms with E-state index < -0.39 is 0 Å². The third kappa shape index (κ3) is 2.75. The summed E-state index contributed by atoms with van der Waals surface area (Å²) in [6, 6.07) is 8.85. The van der Waals surface area contributed by atoms with Crippen LogP contribution in [0.25, 0.3) is 0 Å². The van der Waals surface area contributed by atoms with Gasteiger partial charge in [0.15, 0.2) is 11.5 Å². The van der Waals surface area contributed by atoms with Gasteiger partial charge in [0.25, 0.3) is 0 Å². The molecule has 0 radical (unpaired) electrons. The molecule has 2 aromatic rings. The van der Waals surface area contributed by atoms with Crippen molar-refractivity contribution < 1.29 is 14.2 Å². The zero-order valence-corrected chi connectivity index (χ0v) is 16.6. The molecule has 0 saturated heterocycles. The molecule has 1 aliphatic heterocycles. The fraction of sp³-hybridized carbons (Fsp3) is 0.391. The largest absolute Gasteiger partial charge is 0.493 e. The zero-order chi connectivity index (χ0) is 19.1. The van der Waals surface area contributed by atoms with Crippen LogP contribution in [0.2, 0.25) is 0 Å². The lowest BCUT2D eigenvalue weighted by atomic mass is 9.76. The van der Waals surface area contributed by atoms with E-state index in [9.17, 15) is 0 Å². The van der Waals surface area contributed by atoms with Gasteiger partial charge < -0.3 is 19.5 Å². The van der Waals surface area contributed by atoms with Crippen molar-refractivity contribution in [3.05, 3.63) is 58.7 Å². The van der Waals surface area contributed by atoms with E-state index in [0.717, 1.165) is 12.0 Å². The first-order chi connectivity index (χ1) is 13.1. The maximum absolute atomic E-state index is 5.59. The minimum Gasteiger partial charge on any atom is -0.493 e. The first-order valence-electron chi connectivity index (χ1n) is 9.42. The predicted octanol–water partition coefficient (Wildman–Crippen LogP) is 5.16. The Bertz CT molecular complexity index is 878. The highest BCUT2D eigenvalue weighted by molar-refractivity contribution is 5.66. The van der Waals surface area contributed by atoms with Gasteiger partial charge >= 0.3 is 0 Å². The maximum Gasteiger partial charge on any atom is 0.203 e. The SMILES string of the molecule is COc1cc(C2Nc3c(ccc(C)c3C)C3C=CCC32)cc(OC)c1OC. The molecule has 0 spiro atoms. The number of rotatable bonds is 4. The molecule has 1 heterocycles. The number of hydrogen-bond acceptors (Lipinski definition) is 4. The van der Waals surface area contributed by atoms with Crippen molar-refractivity contribution in [3.8, 4) is 17.2 Å². The van der Waals surface area contributed by atoms with Gasteiger partial charge in [-0.05, 0) is 60.6 Å². The first-order valence-corrected chi connectivity index (χ1v) is 9.42. The molecule has 0 aromatic heterocycles. The standard InChI is InChI=1S/C23H27NO3/c1-13-9-10-18-16-7-6-8-17(16)22(24-21(18)14(13)2)15-11-19(25-3)23(27-5)20(12-15)26-4/h6-7,9-12,16-17,22,24H,8H2,1-5H3. The third-order valence-electron chi connectivity index (χ3n) is 6.11. The van der Waals surface area contributed by atoms with Crippen LogP contribution in [-0.4, -0.2) is 21.3 Å². The van der Waals surface area contributed by atoms with E-state index in [2.05, 4.69) is 55.6 Å². The van der Waals surface area contributed by atoms with Crippen molar-refractivity contribution in [2.24, 2.45) is 5.92 Å². The van der Waals surface area contributed by atoms with Gasteiger partial charge in [-0.25, -0.2) is 0 Å². The Morgan fingerprint density at radius 1 is 0.963 bits per heavy atom. The molecule has 0 fully saturated rings. The molecule has 0 amide bonds. The average molecular weight is 365 g/mol. The maximum atomic E-state index is 5.59. The topological polar surface area (TPSA) is 39.7 Å². The highest BCUT2D eigenvalue weighted by atomic mass is 16.5. The van der Waals surface area contributed by atoms with Gasteiger partial charge in [-0.1, -0.05) is 24.3 Å². The summed E-state index contributed by atoms with van der Waals surface area (Å²) in [4.78, 5) is 0. The lowest BCUT2D eigenvalue weighted by molar-refractivity contribution is 0.322. The second-order valence-corrected chi connectivity index (χ2v) is 7.41. The van der Waals surface area contributed by atoms with Crippen LogP contribution in [0.5, 0.6) is 17.2 Å². The highest BCUT2D eigenvalue weighted by Crippen LogP contribution is 2.52. The summed E-state index contributed by atoms with van der Waals surface area (Å²) in [5.41, 5.74) is 6.46. The van der Waals surface area contributed by atoms with E-state index in [-0.39, 0.29) is 6.04 Å². The number of nitrogens with one attached hydrogen (secondary N) is 1. The van der Waals surface area contributed by atoms with E-state index >= 15 is 0 Å². The van der Waals surface area contributed by atoms with Crippen LogP contribution in [0.3, 0.4) is 0 Å². The summed E-state index contributed by atoms with van der Waals surface area (Å²) in [7, 11) is 4.97. The van der Waals surface area contributed by atoms with Gasteiger partial charge in [0.2, 0.25) is 5.75 Å². The van der Waals surface area contributed by atoms with Crippen molar-refractivity contribution in [2.45, 2.75) is 32.2 Å². The van der Waals surface area contributed by atoms with E-state index in [0.29, 0.717) is 29.1 Å². The van der Waals surface area contributed by atoms with Crippen molar-refractivity contribution in [2.75, 3.05) is 26.6 Å². The molecule has 142 valence electrons. The van der Waals surface area contributed by atoms with Gasteiger partial charge in [0.05, 0.1) is 27.4 Å². The average Bonchev–Trinajstić information content (AvgIpc) is 3.18. The Morgan fingerprint density at radius 2 is 1.67 bits per heavy atom. The zero-order valence-electron chi connectivity index (χ0n) is 16.6. The molecule has 2 aromatic carbocycles. The molecule has 1 aliphatic carbocycles. The summed E-state index contributed by atoms with van der Waals surface area (Å²) in [6.07, 6.45) is 5.74. The van der Waals surface area contributed by atoms with Crippen LogP contribution in [-0.2, 0) is 0 Å². The summed E-state index contributed by atoms with van der Waals surface area (Å²) in [5, 5.41) is 3.84. The molecule has 4 nitrogen and oxygen atoms in total. The minimum atomic E-state index is 0.187. The molecule has 0 saturated carbocycles. The molecular weight excluding hydrogens is 338 g/mol. The van der Waals surface area contributed by atoms with Gasteiger partial charge in [-0.2, -0.15) is 0 Å². The number of allylic oxidation sites excluding steroid dienone is 2. The van der Waals surface area contributed by atoms with Crippen LogP contribution < -0.4 is 19.5 Å². The number of ether oxygens (including phenoxy) is 3. The normalized spacial score (nSPS) is 22.6. The first kappa shape index (κ1) is 17.8. The summed E-state index contributed by atoms with van der Waals surface area (Å²) in [6.45, 7) is 4.37. The second-order valence-electron chi connectivity index (χ2n) is 7.41. The fourth-order valence-corrected chi connectivity index (χ4v) is 4.53. The summed E-state index contributed by atoms with van der Waals surface area (Å²) < 4.78 is 16.7. The Morgan fingerprint density at radius 3 is 2.30 bits per heavy atom. The number of hydrogen-bond donors (Lipinski definition) is 1. The predicted molar refractivity (Wildman–Crippen MR) is 108 cm³/mol. The van der Waals surface area contributed by atoms with E-state index in [1.807, 2.05) is 0 Å². The number of methoxy groups -OCH3 is 3.